The first-order valence-electron chi connectivity index (χ1n) is 6.17. The molecule has 0 fully saturated rings. The van der Waals surface area contributed by atoms with Gasteiger partial charge in [-0.1, -0.05) is 0 Å². The monoisotopic (exact) mass is 270 g/mol. The van der Waals surface area contributed by atoms with Crippen molar-refractivity contribution >= 4 is 5.91 Å². The average molecular weight is 270 g/mol. The molecule has 1 aliphatic heterocycles. The third kappa shape index (κ3) is 2.00. The highest BCUT2D eigenvalue weighted by Crippen LogP contribution is 2.29. The fourth-order valence-corrected chi connectivity index (χ4v) is 2.44. The maximum absolute atomic E-state index is 11.9. The number of nitrogens with one attached hydrogen (secondary N) is 1. The van der Waals surface area contributed by atoms with Crippen LogP contribution < -0.4 is 15.8 Å². The lowest BCUT2D eigenvalue weighted by Crippen LogP contribution is -2.49. The number of amides is 1. The van der Waals surface area contributed by atoms with Crippen LogP contribution in [0, 0.1) is 0 Å². The molecule has 0 spiro atoms. The molecule has 6 heteroatoms. The first kappa shape index (κ1) is 12.6. The van der Waals surface area contributed by atoms with Crippen LogP contribution in [0.4, 0.5) is 0 Å². The van der Waals surface area contributed by atoms with Crippen molar-refractivity contribution in [2.24, 2.45) is 5.73 Å². The van der Waals surface area contributed by atoms with Crippen molar-refractivity contribution in [2.45, 2.75) is 12.1 Å². The van der Waals surface area contributed by atoms with E-state index < -0.39 is 5.66 Å². The van der Waals surface area contributed by atoms with Crippen LogP contribution in [0.15, 0.2) is 36.8 Å². The van der Waals surface area contributed by atoms with E-state index in [2.05, 4.69) is 15.3 Å². The molecule has 3 N–H and O–H groups in total. The third-order valence-corrected chi connectivity index (χ3v) is 3.37. The van der Waals surface area contributed by atoms with Crippen LogP contribution in [0.1, 0.15) is 21.5 Å². The number of carbonyl (C=O) groups is 1. The summed E-state index contributed by atoms with van der Waals surface area (Å²) in [5.41, 5.74) is 7.65. The van der Waals surface area contributed by atoms with Crippen LogP contribution in [-0.4, -0.2) is 23.0 Å². The Bertz CT molecular complexity index is 674. The summed E-state index contributed by atoms with van der Waals surface area (Å²) in [6.45, 7) is 0. The molecule has 3 rings (SSSR count). The second-order valence-electron chi connectivity index (χ2n) is 4.73. The number of pyridine rings is 2. The summed E-state index contributed by atoms with van der Waals surface area (Å²) in [6, 6.07) is 5.42. The molecule has 1 aliphatic rings. The number of methoxy groups -OCH3 is 1. The lowest BCUT2D eigenvalue weighted by atomic mass is 9.94. The van der Waals surface area contributed by atoms with Crippen molar-refractivity contribution in [3.05, 3.63) is 53.5 Å². The Kier molecular flexibility index (Phi) is 2.87. The van der Waals surface area contributed by atoms with E-state index in [9.17, 15) is 4.79 Å². The largest absolute Gasteiger partial charge is 0.481 e. The van der Waals surface area contributed by atoms with Crippen LogP contribution in [0.2, 0.25) is 0 Å². The molecular weight excluding hydrogens is 256 g/mol. The summed E-state index contributed by atoms with van der Waals surface area (Å²) in [5.74, 6) is 0.321. The number of carbonyl (C=O) groups excluding carboxylic acids is 1. The molecule has 0 radical (unpaired) electrons. The molecule has 0 aromatic carbocycles. The second kappa shape index (κ2) is 4.57. The number of aromatic nitrogens is 2. The van der Waals surface area contributed by atoms with E-state index in [1.165, 1.54) is 6.20 Å². The molecule has 1 atom stereocenters. The normalized spacial score (nSPS) is 20.4. The molecule has 1 unspecified atom stereocenters. The first-order chi connectivity index (χ1) is 9.62. The minimum Gasteiger partial charge on any atom is -0.481 e. The summed E-state index contributed by atoms with van der Waals surface area (Å²) in [7, 11) is 1.56. The van der Waals surface area contributed by atoms with E-state index in [1.807, 2.05) is 6.07 Å². The molecular formula is C14H14N4O2. The highest BCUT2D eigenvalue weighted by molar-refractivity contribution is 5.99. The smallest absolute Gasteiger partial charge is 0.254 e. The molecule has 102 valence electrons. The van der Waals surface area contributed by atoms with Gasteiger partial charge in [0.05, 0.1) is 12.7 Å². The average Bonchev–Trinajstić information content (AvgIpc) is 2.71. The number of ether oxygens (including phenoxy) is 1. The van der Waals surface area contributed by atoms with Crippen LogP contribution in [0.3, 0.4) is 0 Å². The van der Waals surface area contributed by atoms with Crippen molar-refractivity contribution < 1.29 is 9.53 Å². The van der Waals surface area contributed by atoms with Gasteiger partial charge in [0.15, 0.2) is 0 Å². The minimum atomic E-state index is -0.929. The van der Waals surface area contributed by atoms with Crippen LogP contribution in [-0.2, 0) is 12.1 Å². The summed E-state index contributed by atoms with van der Waals surface area (Å²) in [5, 5.41) is 2.82. The molecule has 3 heterocycles. The van der Waals surface area contributed by atoms with Gasteiger partial charge in [-0.05, 0) is 17.7 Å². The Balaban J connectivity index is 1.96. The zero-order chi connectivity index (χ0) is 14.2. The summed E-state index contributed by atoms with van der Waals surface area (Å²) >= 11 is 0. The van der Waals surface area contributed by atoms with E-state index in [0.29, 0.717) is 17.9 Å². The maximum Gasteiger partial charge on any atom is 0.254 e. The zero-order valence-electron chi connectivity index (χ0n) is 11.0. The second-order valence-corrected chi connectivity index (χ2v) is 4.73. The number of hydrogen-bond acceptors (Lipinski definition) is 5. The minimum absolute atomic E-state index is 0.198. The third-order valence-electron chi connectivity index (χ3n) is 3.37. The molecule has 1 amide bonds. The van der Waals surface area contributed by atoms with Crippen molar-refractivity contribution in [1.29, 1.82) is 0 Å². The Morgan fingerprint density at radius 3 is 3.05 bits per heavy atom. The molecule has 0 aliphatic carbocycles. The lowest BCUT2D eigenvalue weighted by molar-refractivity contribution is 0.0931. The number of nitrogens with zero attached hydrogens (tertiary/aromatic N) is 2. The number of hydrogen-bond donors (Lipinski definition) is 2. The summed E-state index contributed by atoms with van der Waals surface area (Å²) in [6.07, 6.45) is 5.27. The van der Waals surface area contributed by atoms with Crippen molar-refractivity contribution in [3.63, 3.8) is 0 Å². The van der Waals surface area contributed by atoms with E-state index in [4.69, 9.17) is 10.5 Å². The van der Waals surface area contributed by atoms with Crippen LogP contribution in [0.5, 0.6) is 5.88 Å². The molecule has 20 heavy (non-hydrogen) atoms. The molecule has 6 nitrogen and oxygen atoms in total. The molecule has 0 saturated carbocycles. The Morgan fingerprint density at radius 1 is 1.40 bits per heavy atom. The quantitative estimate of drug-likeness (QED) is 0.851. The van der Waals surface area contributed by atoms with Gasteiger partial charge in [0.2, 0.25) is 5.88 Å². The summed E-state index contributed by atoms with van der Waals surface area (Å²) < 4.78 is 5.09. The van der Waals surface area contributed by atoms with Crippen molar-refractivity contribution in [2.75, 3.05) is 7.11 Å². The van der Waals surface area contributed by atoms with E-state index in [0.717, 1.165) is 11.1 Å². The first-order valence-corrected chi connectivity index (χ1v) is 6.17. The topological polar surface area (TPSA) is 90.1 Å². The molecule has 0 saturated heterocycles. The van der Waals surface area contributed by atoms with Gasteiger partial charge in [0, 0.05) is 36.6 Å². The van der Waals surface area contributed by atoms with Gasteiger partial charge in [-0.25, -0.2) is 4.98 Å². The zero-order valence-corrected chi connectivity index (χ0v) is 11.0. The van der Waals surface area contributed by atoms with Gasteiger partial charge < -0.3 is 15.8 Å². The Morgan fingerprint density at radius 2 is 2.25 bits per heavy atom. The van der Waals surface area contributed by atoms with Gasteiger partial charge in [0.25, 0.3) is 5.91 Å². The number of nitrogens with two attached hydrogens (primary N) is 1. The highest BCUT2D eigenvalue weighted by Gasteiger charge is 2.39. The van der Waals surface area contributed by atoms with Crippen LogP contribution >= 0.6 is 0 Å². The SMILES string of the molecule is COc1cc(CC2(N)NC(=O)c3cnccc32)ccn1. The van der Waals surface area contributed by atoms with Gasteiger partial charge in [-0.2, -0.15) is 0 Å². The number of rotatable bonds is 3. The fraction of sp³-hybridized carbons (Fsp3) is 0.214. The Hall–Kier alpha value is -2.47. The van der Waals surface area contributed by atoms with Crippen LogP contribution in [0.25, 0.3) is 0 Å². The Labute approximate surface area is 116 Å². The van der Waals surface area contributed by atoms with Gasteiger partial charge in [-0.3, -0.25) is 9.78 Å². The van der Waals surface area contributed by atoms with Gasteiger partial charge in [0.1, 0.15) is 5.66 Å². The standard InChI is InChI=1S/C14H14N4O2/c1-20-12-6-9(2-5-17-12)7-14(15)11-3-4-16-8-10(11)13(19)18-14/h2-6,8H,7,15H2,1H3,(H,18,19). The van der Waals surface area contributed by atoms with Crippen molar-refractivity contribution in [3.8, 4) is 5.88 Å². The van der Waals surface area contributed by atoms with Gasteiger partial charge in [-0.15, -0.1) is 0 Å². The van der Waals surface area contributed by atoms with Crippen molar-refractivity contribution in [1.82, 2.24) is 15.3 Å². The van der Waals surface area contributed by atoms with E-state index in [1.54, 1.807) is 31.6 Å². The predicted octanol–water partition coefficient (Wildman–Crippen LogP) is 0.583. The van der Waals surface area contributed by atoms with Gasteiger partial charge >= 0.3 is 0 Å². The molecule has 2 aromatic rings. The lowest BCUT2D eigenvalue weighted by Gasteiger charge is -2.25. The van der Waals surface area contributed by atoms with E-state index in [-0.39, 0.29) is 5.91 Å². The van der Waals surface area contributed by atoms with E-state index >= 15 is 0 Å². The predicted molar refractivity (Wildman–Crippen MR) is 72.1 cm³/mol. The highest BCUT2D eigenvalue weighted by atomic mass is 16.5. The summed E-state index contributed by atoms with van der Waals surface area (Å²) in [4.78, 5) is 19.9. The molecule has 2 aromatic heterocycles. The fourth-order valence-electron chi connectivity index (χ4n) is 2.44. The number of fused-ring (bicyclic) bond motifs is 1. The molecule has 0 bridgehead atoms. The maximum atomic E-state index is 11.9.